The van der Waals surface area contributed by atoms with E-state index in [1.807, 2.05) is 31.2 Å². The second kappa shape index (κ2) is 10.0. The van der Waals surface area contributed by atoms with Crippen LogP contribution in [0.25, 0.3) is 10.9 Å². The van der Waals surface area contributed by atoms with Crippen LogP contribution in [0.15, 0.2) is 42.5 Å². The van der Waals surface area contributed by atoms with Gasteiger partial charge in [0.1, 0.15) is 12.4 Å². The van der Waals surface area contributed by atoms with Gasteiger partial charge in [-0.2, -0.15) is 0 Å². The largest absolute Gasteiger partial charge is 0.390 e. The lowest BCUT2D eigenvalue weighted by Gasteiger charge is -2.42. The zero-order valence-corrected chi connectivity index (χ0v) is 20.3. The molecule has 2 atom stereocenters. The van der Waals surface area contributed by atoms with Crippen molar-refractivity contribution in [1.29, 1.82) is 0 Å². The van der Waals surface area contributed by atoms with E-state index in [-0.39, 0.29) is 18.5 Å². The number of benzene rings is 2. The number of hydrogen-bond donors (Lipinski definition) is 3. The molecule has 0 radical (unpaired) electrons. The lowest BCUT2D eigenvalue weighted by molar-refractivity contribution is -0.0864. The quantitative estimate of drug-likeness (QED) is 0.369. The number of rotatable bonds is 9. The fourth-order valence-electron chi connectivity index (χ4n) is 5.57. The minimum absolute atomic E-state index is 0.245. The second-order valence-corrected chi connectivity index (χ2v) is 10.1. The van der Waals surface area contributed by atoms with Gasteiger partial charge in [0.05, 0.1) is 25.3 Å². The average molecular weight is 505 g/mol. The summed E-state index contributed by atoms with van der Waals surface area (Å²) >= 11 is 0. The van der Waals surface area contributed by atoms with E-state index < -0.39 is 25.1 Å². The molecule has 3 heterocycles. The lowest BCUT2D eigenvalue weighted by Crippen LogP contribution is -2.54. The van der Waals surface area contributed by atoms with Crippen LogP contribution in [-0.2, 0) is 6.42 Å². The number of hydrogen-bond acceptors (Lipinski definition) is 4. The normalized spacial score (nSPS) is 21.5. The maximum absolute atomic E-state index is 14.4. The highest BCUT2D eigenvalue weighted by molar-refractivity contribution is 5.85. The first-order valence-corrected chi connectivity index (χ1v) is 12.5. The van der Waals surface area contributed by atoms with Gasteiger partial charge in [-0.15, -0.1) is 0 Å². The van der Waals surface area contributed by atoms with Gasteiger partial charge >= 0.3 is 0 Å². The monoisotopic (exact) mass is 504 g/mol. The molecule has 2 aromatic carbocycles. The van der Waals surface area contributed by atoms with Crippen LogP contribution in [0, 0.1) is 5.82 Å². The summed E-state index contributed by atoms with van der Waals surface area (Å²) in [7, 11) is 0. The smallest absolute Gasteiger partial charge is 0.283 e. The highest BCUT2D eigenvalue weighted by Gasteiger charge is 2.41. The molecule has 0 aliphatic carbocycles. The zero-order valence-electron chi connectivity index (χ0n) is 20.3. The predicted octanol–water partition coefficient (Wildman–Crippen LogP) is 4.73. The van der Waals surface area contributed by atoms with E-state index in [0.717, 1.165) is 53.0 Å². The van der Waals surface area contributed by atoms with Gasteiger partial charge in [0.2, 0.25) is 0 Å². The third-order valence-electron chi connectivity index (χ3n) is 7.38. The van der Waals surface area contributed by atoms with Crippen LogP contribution in [0.2, 0.25) is 0 Å². The van der Waals surface area contributed by atoms with E-state index in [1.165, 1.54) is 12.1 Å². The maximum atomic E-state index is 14.4. The van der Waals surface area contributed by atoms with E-state index in [9.17, 15) is 22.7 Å². The second-order valence-electron chi connectivity index (χ2n) is 10.1. The topological polar surface area (TPSA) is 54.5 Å². The number of halogens is 4. The van der Waals surface area contributed by atoms with Crippen molar-refractivity contribution < 1.29 is 22.7 Å². The Morgan fingerprint density at radius 1 is 1.14 bits per heavy atom. The Morgan fingerprint density at radius 3 is 2.58 bits per heavy atom. The van der Waals surface area contributed by atoms with Crippen molar-refractivity contribution in [2.75, 3.05) is 44.8 Å². The van der Waals surface area contributed by atoms with Crippen LogP contribution < -0.4 is 5.32 Å². The highest BCUT2D eigenvalue weighted by atomic mass is 19.3. The third kappa shape index (κ3) is 4.96. The first-order chi connectivity index (χ1) is 17.3. The molecule has 0 amide bonds. The molecule has 5 nitrogen and oxygen atoms in total. The van der Waals surface area contributed by atoms with Crippen molar-refractivity contribution >= 4 is 16.6 Å². The molecule has 36 heavy (non-hydrogen) atoms. The molecule has 0 bridgehead atoms. The van der Waals surface area contributed by atoms with Crippen molar-refractivity contribution in [2.45, 2.75) is 43.8 Å². The zero-order chi connectivity index (χ0) is 25.4. The van der Waals surface area contributed by atoms with Gasteiger partial charge in [0.15, 0.2) is 0 Å². The maximum Gasteiger partial charge on any atom is 0.283 e. The average Bonchev–Trinajstić information content (AvgIpc) is 3.18. The van der Waals surface area contributed by atoms with Crippen LogP contribution in [-0.4, -0.2) is 77.4 Å². The fraction of sp³-hybridized carbons (Fsp3) is 0.481. The molecule has 0 spiro atoms. The Balaban J connectivity index is 1.43. The van der Waals surface area contributed by atoms with Crippen molar-refractivity contribution in [3.63, 3.8) is 0 Å². The van der Waals surface area contributed by atoms with Crippen LogP contribution in [0.3, 0.4) is 0 Å². The number of aliphatic hydroxyl groups is 1. The van der Waals surface area contributed by atoms with E-state index in [2.05, 4.69) is 15.2 Å². The Morgan fingerprint density at radius 2 is 1.89 bits per heavy atom. The summed E-state index contributed by atoms with van der Waals surface area (Å²) in [5.74, 6) is -3.58. The standard InChI is InChI=1S/C27H32F4N4O/c1-17-11-23-22-12-19(29)5-8-24(22)33-25(23)26(35(17)15-27(30,31)16-36)18-3-6-20(7-4-18)32-21-13-34(14-21)10-2-9-28/h3-8,12,17,21,26,32-33,36H,2,9-11,13-16H2,1H3/t17-,26-/m1/s1. The van der Waals surface area contributed by atoms with Gasteiger partial charge in [-0.05, 0) is 61.2 Å². The lowest BCUT2D eigenvalue weighted by atomic mass is 9.88. The number of likely N-dealkylation sites (tertiary alicyclic amines) is 1. The first-order valence-electron chi connectivity index (χ1n) is 12.5. The van der Waals surface area contributed by atoms with Crippen LogP contribution >= 0.6 is 0 Å². The summed E-state index contributed by atoms with van der Waals surface area (Å²) in [6, 6.07) is 11.9. The fourth-order valence-corrected chi connectivity index (χ4v) is 5.57. The van der Waals surface area contributed by atoms with Crippen LogP contribution in [0.1, 0.15) is 36.2 Å². The van der Waals surface area contributed by atoms with Crippen LogP contribution in [0.5, 0.6) is 0 Å². The van der Waals surface area contributed by atoms with Crippen molar-refractivity contribution in [2.24, 2.45) is 0 Å². The number of aliphatic hydroxyl groups excluding tert-OH is 1. The molecule has 0 unspecified atom stereocenters. The molecule has 2 aliphatic rings. The van der Waals surface area contributed by atoms with Gasteiger partial charge in [-0.25, -0.2) is 13.2 Å². The van der Waals surface area contributed by atoms with Gasteiger partial charge in [-0.1, -0.05) is 12.1 Å². The number of fused-ring (bicyclic) bond motifs is 3. The molecule has 1 fully saturated rings. The van der Waals surface area contributed by atoms with E-state index >= 15 is 0 Å². The van der Waals surface area contributed by atoms with E-state index in [1.54, 1.807) is 11.0 Å². The van der Waals surface area contributed by atoms with Gasteiger partial charge < -0.3 is 15.4 Å². The summed E-state index contributed by atoms with van der Waals surface area (Å²) < 4.78 is 55.2. The molecule has 194 valence electrons. The molecule has 1 aromatic heterocycles. The van der Waals surface area contributed by atoms with Gasteiger partial charge in [0, 0.05) is 48.0 Å². The number of nitrogens with zero attached hydrogens (tertiary/aromatic N) is 2. The summed E-state index contributed by atoms with van der Waals surface area (Å²) in [6.45, 7) is 2.27. The van der Waals surface area contributed by atoms with Gasteiger partial charge in [0.25, 0.3) is 5.92 Å². The van der Waals surface area contributed by atoms with Crippen molar-refractivity contribution in [1.82, 2.24) is 14.8 Å². The molecular formula is C27H32F4N4O. The van der Waals surface area contributed by atoms with Crippen molar-refractivity contribution in [3.8, 4) is 0 Å². The molecule has 9 heteroatoms. The highest BCUT2D eigenvalue weighted by Crippen LogP contribution is 2.42. The number of aromatic nitrogens is 1. The van der Waals surface area contributed by atoms with Gasteiger partial charge in [-0.3, -0.25) is 14.2 Å². The summed E-state index contributed by atoms with van der Waals surface area (Å²) in [4.78, 5) is 7.30. The molecule has 0 saturated carbocycles. The number of H-pyrrole nitrogens is 1. The number of nitrogens with one attached hydrogen (secondary N) is 2. The summed E-state index contributed by atoms with van der Waals surface area (Å²) in [6.07, 6.45) is 1.05. The molecule has 5 rings (SSSR count). The molecular weight excluding hydrogens is 472 g/mol. The van der Waals surface area contributed by atoms with Crippen LogP contribution in [0.4, 0.5) is 23.2 Å². The Kier molecular flexibility index (Phi) is 6.98. The molecule has 3 N–H and O–H groups in total. The molecule has 1 saturated heterocycles. The van der Waals surface area contributed by atoms with E-state index in [0.29, 0.717) is 18.9 Å². The van der Waals surface area contributed by atoms with E-state index in [4.69, 9.17) is 0 Å². The minimum atomic E-state index is -3.25. The predicted molar refractivity (Wildman–Crippen MR) is 133 cm³/mol. The summed E-state index contributed by atoms with van der Waals surface area (Å²) in [5, 5.41) is 13.5. The number of alkyl halides is 3. The Labute approximate surface area is 208 Å². The molecule has 3 aromatic rings. The first kappa shape index (κ1) is 25.0. The Hall–Kier alpha value is -2.62. The van der Waals surface area contributed by atoms with Crippen molar-refractivity contribution in [3.05, 3.63) is 65.1 Å². The number of anilines is 1. The third-order valence-corrected chi connectivity index (χ3v) is 7.38. The SMILES string of the molecule is C[C@@H]1Cc2c([nH]c3ccc(F)cc23)[C@@H](c2ccc(NC3CN(CCCF)C3)cc2)N1CC(F)(F)CO. The molecule has 2 aliphatic heterocycles. The minimum Gasteiger partial charge on any atom is -0.390 e. The Bertz CT molecular complexity index is 1190. The summed E-state index contributed by atoms with van der Waals surface area (Å²) in [5.41, 5.74) is 4.27. The number of aromatic amines is 1.